The van der Waals surface area contributed by atoms with Crippen molar-refractivity contribution < 1.29 is 4.74 Å². The summed E-state index contributed by atoms with van der Waals surface area (Å²) in [6, 6.07) is 9.35. The van der Waals surface area contributed by atoms with E-state index in [1.807, 2.05) is 11.8 Å². The molecule has 3 heteroatoms. The number of nitrogens with one attached hydrogen (secondary N) is 1. The van der Waals surface area contributed by atoms with Crippen LogP contribution in [0.15, 0.2) is 24.3 Å². The molecule has 0 radical (unpaired) electrons. The second kappa shape index (κ2) is 6.43. The fraction of sp³-hybridized carbons (Fsp3) is 0.571. The lowest BCUT2D eigenvalue weighted by molar-refractivity contribution is 0.113. The van der Waals surface area contributed by atoms with Crippen LogP contribution in [-0.4, -0.2) is 25.0 Å². The smallest absolute Gasteiger partial charge is 0.0700 e. The van der Waals surface area contributed by atoms with Crippen LogP contribution in [0.3, 0.4) is 0 Å². The Balaban J connectivity index is 1.87. The molecule has 1 aliphatic rings. The summed E-state index contributed by atoms with van der Waals surface area (Å²) >= 11 is 1.87. The van der Waals surface area contributed by atoms with Gasteiger partial charge in [-0.25, -0.2) is 0 Å². The quantitative estimate of drug-likeness (QED) is 0.869. The van der Waals surface area contributed by atoms with E-state index in [9.17, 15) is 0 Å². The van der Waals surface area contributed by atoms with Gasteiger partial charge in [0.15, 0.2) is 0 Å². The average Bonchev–Trinajstić information content (AvgIpc) is 2.73. The highest BCUT2D eigenvalue weighted by molar-refractivity contribution is 7.97. The van der Waals surface area contributed by atoms with Crippen molar-refractivity contribution >= 4 is 11.8 Å². The predicted octanol–water partition coefficient (Wildman–Crippen LogP) is 2.82. The molecule has 2 unspecified atom stereocenters. The Kier molecular flexibility index (Phi) is 4.89. The van der Waals surface area contributed by atoms with Gasteiger partial charge in [-0.3, -0.25) is 0 Å². The normalized spacial score (nSPS) is 24.1. The molecule has 1 saturated heterocycles. The van der Waals surface area contributed by atoms with Crippen LogP contribution in [0, 0.1) is 0 Å². The Hall–Kier alpha value is -0.510. The predicted molar refractivity (Wildman–Crippen MR) is 74.3 cm³/mol. The molecule has 1 fully saturated rings. The molecule has 17 heavy (non-hydrogen) atoms. The SMILES string of the molecule is CSCc1cccc(CNC2CCOC2C)c1. The highest BCUT2D eigenvalue weighted by atomic mass is 32.2. The van der Waals surface area contributed by atoms with Crippen molar-refractivity contribution in [2.45, 2.75) is 37.8 Å². The number of rotatable bonds is 5. The van der Waals surface area contributed by atoms with Crippen LogP contribution in [0.2, 0.25) is 0 Å². The molecule has 2 nitrogen and oxygen atoms in total. The van der Waals surface area contributed by atoms with Crippen molar-refractivity contribution in [3.05, 3.63) is 35.4 Å². The second-order valence-electron chi connectivity index (χ2n) is 4.60. The monoisotopic (exact) mass is 251 g/mol. The van der Waals surface area contributed by atoms with Crippen molar-refractivity contribution in [3.63, 3.8) is 0 Å². The molecule has 1 heterocycles. The highest BCUT2D eigenvalue weighted by Crippen LogP contribution is 2.15. The number of hydrogen-bond acceptors (Lipinski definition) is 3. The van der Waals surface area contributed by atoms with Gasteiger partial charge < -0.3 is 10.1 Å². The molecular formula is C14H21NOS. The molecule has 1 aromatic carbocycles. The molecule has 0 spiro atoms. The first-order valence-corrected chi connectivity index (χ1v) is 7.60. The largest absolute Gasteiger partial charge is 0.377 e. The van der Waals surface area contributed by atoms with Gasteiger partial charge >= 0.3 is 0 Å². The molecule has 1 aliphatic heterocycles. The summed E-state index contributed by atoms with van der Waals surface area (Å²) in [4.78, 5) is 0. The van der Waals surface area contributed by atoms with E-state index in [4.69, 9.17) is 4.74 Å². The Labute approximate surface area is 108 Å². The van der Waals surface area contributed by atoms with Crippen LogP contribution < -0.4 is 5.32 Å². The summed E-state index contributed by atoms with van der Waals surface area (Å²) in [5.74, 6) is 1.09. The third-order valence-electron chi connectivity index (χ3n) is 3.25. The lowest BCUT2D eigenvalue weighted by atomic mass is 10.1. The molecule has 1 N–H and O–H groups in total. The van der Waals surface area contributed by atoms with Gasteiger partial charge in [0, 0.05) is 24.9 Å². The fourth-order valence-corrected chi connectivity index (χ4v) is 2.76. The first kappa shape index (κ1) is 12.9. The molecule has 0 bridgehead atoms. The number of hydrogen-bond donors (Lipinski definition) is 1. The van der Waals surface area contributed by atoms with Gasteiger partial charge in [-0.05, 0) is 30.7 Å². The van der Waals surface area contributed by atoms with Crippen LogP contribution in [0.1, 0.15) is 24.5 Å². The Morgan fingerprint density at radius 1 is 1.41 bits per heavy atom. The number of benzene rings is 1. The van der Waals surface area contributed by atoms with E-state index in [1.165, 1.54) is 11.1 Å². The van der Waals surface area contributed by atoms with Crippen LogP contribution >= 0.6 is 11.8 Å². The third-order valence-corrected chi connectivity index (χ3v) is 3.87. The van der Waals surface area contributed by atoms with E-state index in [0.717, 1.165) is 25.3 Å². The van der Waals surface area contributed by atoms with Crippen LogP contribution in [0.4, 0.5) is 0 Å². The van der Waals surface area contributed by atoms with Crippen LogP contribution in [-0.2, 0) is 17.0 Å². The first-order valence-electron chi connectivity index (χ1n) is 6.21. The zero-order valence-corrected chi connectivity index (χ0v) is 11.4. The average molecular weight is 251 g/mol. The van der Waals surface area contributed by atoms with E-state index in [-0.39, 0.29) is 0 Å². The summed E-state index contributed by atoms with van der Waals surface area (Å²) in [7, 11) is 0. The molecular weight excluding hydrogens is 230 g/mol. The lowest BCUT2D eigenvalue weighted by Gasteiger charge is -2.16. The van der Waals surface area contributed by atoms with E-state index in [2.05, 4.69) is 42.8 Å². The molecule has 0 aliphatic carbocycles. The van der Waals surface area contributed by atoms with Gasteiger partial charge in [0.05, 0.1) is 6.10 Å². The lowest BCUT2D eigenvalue weighted by Crippen LogP contribution is -2.34. The minimum atomic E-state index is 0.351. The fourth-order valence-electron chi connectivity index (χ4n) is 2.24. The van der Waals surface area contributed by atoms with Crippen molar-refractivity contribution in [3.8, 4) is 0 Å². The van der Waals surface area contributed by atoms with Gasteiger partial charge in [0.1, 0.15) is 0 Å². The highest BCUT2D eigenvalue weighted by Gasteiger charge is 2.23. The zero-order chi connectivity index (χ0) is 12.1. The Morgan fingerprint density at radius 2 is 2.24 bits per heavy atom. The minimum absolute atomic E-state index is 0.351. The number of thioether (sulfide) groups is 1. The molecule has 2 rings (SSSR count). The maximum atomic E-state index is 5.55. The Bertz CT molecular complexity index is 356. The van der Waals surface area contributed by atoms with Crippen LogP contribution in [0.5, 0.6) is 0 Å². The molecule has 2 atom stereocenters. The summed E-state index contributed by atoms with van der Waals surface area (Å²) in [5, 5.41) is 3.59. The van der Waals surface area contributed by atoms with Gasteiger partial charge in [0.2, 0.25) is 0 Å². The topological polar surface area (TPSA) is 21.3 Å². The maximum absolute atomic E-state index is 5.55. The maximum Gasteiger partial charge on any atom is 0.0700 e. The molecule has 1 aromatic rings. The van der Waals surface area contributed by atoms with Gasteiger partial charge in [-0.1, -0.05) is 24.3 Å². The second-order valence-corrected chi connectivity index (χ2v) is 5.47. The molecule has 0 aromatic heterocycles. The van der Waals surface area contributed by atoms with Gasteiger partial charge in [0.25, 0.3) is 0 Å². The van der Waals surface area contributed by atoms with E-state index < -0.39 is 0 Å². The first-order chi connectivity index (χ1) is 8.29. The summed E-state index contributed by atoms with van der Waals surface area (Å²) in [6.45, 7) is 3.99. The van der Waals surface area contributed by atoms with E-state index >= 15 is 0 Å². The standard InChI is InChI=1S/C14H21NOS/c1-11-14(6-7-16-11)15-9-12-4-3-5-13(8-12)10-17-2/h3-5,8,11,14-15H,6-7,9-10H2,1-2H3. The van der Waals surface area contributed by atoms with Gasteiger partial charge in [-0.2, -0.15) is 11.8 Å². The summed E-state index contributed by atoms with van der Waals surface area (Å²) in [5.41, 5.74) is 2.78. The molecule has 94 valence electrons. The van der Waals surface area contributed by atoms with Crippen LogP contribution in [0.25, 0.3) is 0 Å². The minimum Gasteiger partial charge on any atom is -0.377 e. The summed E-state index contributed by atoms with van der Waals surface area (Å²) in [6.07, 6.45) is 3.62. The zero-order valence-electron chi connectivity index (χ0n) is 10.6. The number of ether oxygens (including phenoxy) is 1. The van der Waals surface area contributed by atoms with E-state index in [0.29, 0.717) is 12.1 Å². The van der Waals surface area contributed by atoms with Crippen molar-refractivity contribution in [1.29, 1.82) is 0 Å². The van der Waals surface area contributed by atoms with Crippen molar-refractivity contribution in [2.24, 2.45) is 0 Å². The summed E-state index contributed by atoms with van der Waals surface area (Å²) < 4.78 is 5.55. The van der Waals surface area contributed by atoms with Crippen molar-refractivity contribution in [2.75, 3.05) is 12.9 Å². The van der Waals surface area contributed by atoms with Gasteiger partial charge in [-0.15, -0.1) is 0 Å². The third kappa shape index (κ3) is 3.73. The Morgan fingerprint density at radius 3 is 2.94 bits per heavy atom. The molecule has 0 amide bonds. The van der Waals surface area contributed by atoms with Crippen molar-refractivity contribution in [1.82, 2.24) is 5.32 Å². The molecule has 0 saturated carbocycles. The van der Waals surface area contributed by atoms with E-state index in [1.54, 1.807) is 0 Å².